The van der Waals surface area contributed by atoms with E-state index in [9.17, 15) is 4.79 Å². The quantitative estimate of drug-likeness (QED) is 0.688. The molecular formula is C19H22N8O. The summed E-state index contributed by atoms with van der Waals surface area (Å²) in [7, 11) is 2.14. The van der Waals surface area contributed by atoms with Gasteiger partial charge in [-0.1, -0.05) is 12.1 Å². The summed E-state index contributed by atoms with van der Waals surface area (Å²) in [6, 6.07) is 8.21. The molecule has 1 saturated heterocycles. The van der Waals surface area contributed by atoms with Crippen molar-refractivity contribution in [2.45, 2.75) is 0 Å². The van der Waals surface area contributed by atoms with Crippen LogP contribution in [-0.4, -0.2) is 63.8 Å². The Morgan fingerprint density at radius 2 is 1.93 bits per heavy atom. The van der Waals surface area contributed by atoms with E-state index >= 15 is 0 Å². The number of primary amides is 1. The van der Waals surface area contributed by atoms with E-state index in [1.54, 1.807) is 6.20 Å². The van der Waals surface area contributed by atoms with Crippen LogP contribution < -0.4 is 16.4 Å². The monoisotopic (exact) mass is 378 g/mol. The first-order valence-electron chi connectivity index (χ1n) is 9.02. The third-order valence-electron chi connectivity index (χ3n) is 4.88. The molecule has 2 aromatic heterocycles. The van der Waals surface area contributed by atoms with Gasteiger partial charge in [0.25, 0.3) is 5.91 Å². The highest BCUT2D eigenvalue weighted by Crippen LogP contribution is 2.25. The number of nitrogens with zero attached hydrogens (tertiary/aromatic N) is 6. The lowest BCUT2D eigenvalue weighted by molar-refractivity contribution is 0.100. The average Bonchev–Trinajstić information content (AvgIpc) is 3.19. The van der Waals surface area contributed by atoms with Crippen molar-refractivity contribution in [3.05, 3.63) is 48.4 Å². The zero-order valence-corrected chi connectivity index (χ0v) is 15.6. The molecule has 0 aliphatic carbocycles. The predicted molar refractivity (Wildman–Crippen MR) is 107 cm³/mol. The second-order valence-corrected chi connectivity index (χ2v) is 6.84. The molecular weight excluding hydrogens is 356 g/mol. The standard InChI is InChI=1S/C19H22N8O/c1-25-5-7-26(8-6-25)15-4-2-3-13(9-15)16-11-22-17(20)19(24-16)27-12-14(10-23-27)18(21)28/h2-4,9-12H,5-8H2,1H3,(H2,20,22)(H2,21,28). The minimum atomic E-state index is -0.561. The van der Waals surface area contributed by atoms with E-state index in [4.69, 9.17) is 11.5 Å². The Balaban J connectivity index is 1.66. The second kappa shape index (κ2) is 7.28. The van der Waals surface area contributed by atoms with Crippen molar-refractivity contribution >= 4 is 17.4 Å². The Labute approximate surface area is 162 Å². The number of benzene rings is 1. The van der Waals surface area contributed by atoms with Crippen LogP contribution in [0.5, 0.6) is 0 Å². The largest absolute Gasteiger partial charge is 0.381 e. The zero-order chi connectivity index (χ0) is 19.7. The van der Waals surface area contributed by atoms with E-state index < -0.39 is 5.91 Å². The fourth-order valence-electron chi connectivity index (χ4n) is 3.19. The van der Waals surface area contributed by atoms with Gasteiger partial charge in [-0.05, 0) is 19.2 Å². The van der Waals surface area contributed by atoms with E-state index in [1.165, 1.54) is 17.1 Å². The topological polar surface area (TPSA) is 119 Å². The van der Waals surface area contributed by atoms with Crippen LogP contribution in [0, 0.1) is 0 Å². The highest BCUT2D eigenvalue weighted by Gasteiger charge is 2.16. The molecule has 28 heavy (non-hydrogen) atoms. The van der Waals surface area contributed by atoms with Gasteiger partial charge in [0, 0.05) is 43.6 Å². The van der Waals surface area contributed by atoms with Crippen LogP contribution in [0.4, 0.5) is 11.5 Å². The van der Waals surface area contributed by atoms with E-state index in [0.717, 1.165) is 37.4 Å². The average molecular weight is 378 g/mol. The maximum atomic E-state index is 11.3. The van der Waals surface area contributed by atoms with Gasteiger partial charge in [-0.2, -0.15) is 5.10 Å². The van der Waals surface area contributed by atoms with Gasteiger partial charge < -0.3 is 21.3 Å². The molecule has 4 rings (SSSR count). The Morgan fingerprint density at radius 1 is 1.14 bits per heavy atom. The van der Waals surface area contributed by atoms with Gasteiger partial charge in [-0.3, -0.25) is 4.79 Å². The summed E-state index contributed by atoms with van der Waals surface area (Å²) < 4.78 is 1.41. The van der Waals surface area contributed by atoms with Crippen molar-refractivity contribution in [2.24, 2.45) is 5.73 Å². The molecule has 1 aliphatic rings. The summed E-state index contributed by atoms with van der Waals surface area (Å²) >= 11 is 0. The zero-order valence-electron chi connectivity index (χ0n) is 15.6. The first-order chi connectivity index (χ1) is 13.5. The number of nitrogens with two attached hydrogens (primary N) is 2. The van der Waals surface area contributed by atoms with Crippen LogP contribution >= 0.6 is 0 Å². The Hall–Kier alpha value is -3.46. The number of aromatic nitrogens is 4. The van der Waals surface area contributed by atoms with E-state index in [1.807, 2.05) is 12.1 Å². The molecule has 0 spiro atoms. The van der Waals surface area contributed by atoms with Crippen molar-refractivity contribution in [2.75, 3.05) is 43.9 Å². The maximum absolute atomic E-state index is 11.3. The Kier molecular flexibility index (Phi) is 4.66. The number of nitrogen functional groups attached to an aromatic ring is 1. The smallest absolute Gasteiger partial charge is 0.251 e. The summed E-state index contributed by atoms with van der Waals surface area (Å²) in [5.74, 6) is 0.0157. The summed E-state index contributed by atoms with van der Waals surface area (Å²) in [6.07, 6.45) is 4.51. The number of anilines is 2. The van der Waals surface area contributed by atoms with Crippen molar-refractivity contribution < 1.29 is 4.79 Å². The summed E-state index contributed by atoms with van der Waals surface area (Å²) in [6.45, 7) is 4.05. The number of hydrogen-bond donors (Lipinski definition) is 2. The second-order valence-electron chi connectivity index (χ2n) is 6.84. The normalized spacial score (nSPS) is 15.0. The minimum absolute atomic E-state index is 0.220. The molecule has 9 nitrogen and oxygen atoms in total. The summed E-state index contributed by atoms with van der Waals surface area (Å²) in [5, 5.41) is 4.12. The van der Waals surface area contributed by atoms with Gasteiger partial charge >= 0.3 is 0 Å². The van der Waals surface area contributed by atoms with Crippen LogP contribution in [0.25, 0.3) is 17.1 Å². The first-order valence-corrected chi connectivity index (χ1v) is 9.02. The van der Waals surface area contributed by atoms with Crippen molar-refractivity contribution in [3.8, 4) is 17.1 Å². The van der Waals surface area contributed by atoms with Crippen molar-refractivity contribution in [1.29, 1.82) is 0 Å². The molecule has 3 heterocycles. The molecule has 0 atom stereocenters. The minimum Gasteiger partial charge on any atom is -0.381 e. The number of hydrogen-bond acceptors (Lipinski definition) is 7. The third kappa shape index (κ3) is 3.52. The highest BCUT2D eigenvalue weighted by molar-refractivity contribution is 5.92. The molecule has 9 heteroatoms. The molecule has 0 unspecified atom stereocenters. The van der Waals surface area contributed by atoms with E-state index in [0.29, 0.717) is 11.5 Å². The summed E-state index contributed by atoms with van der Waals surface area (Å²) in [4.78, 5) is 24.9. The number of carbonyl (C=O) groups is 1. The van der Waals surface area contributed by atoms with Crippen LogP contribution in [-0.2, 0) is 0 Å². The molecule has 1 aliphatic heterocycles. The number of likely N-dealkylation sites (N-methyl/N-ethyl adjacent to an activating group) is 1. The van der Waals surface area contributed by atoms with Crippen LogP contribution in [0.2, 0.25) is 0 Å². The van der Waals surface area contributed by atoms with Crippen molar-refractivity contribution in [1.82, 2.24) is 24.6 Å². The molecule has 1 fully saturated rings. The SMILES string of the molecule is CN1CCN(c2cccc(-c3cnc(N)c(-n4cc(C(N)=O)cn4)n3)c2)CC1. The molecule has 0 radical (unpaired) electrons. The molecule has 1 aromatic carbocycles. The number of amides is 1. The van der Waals surface area contributed by atoms with Crippen LogP contribution in [0.3, 0.4) is 0 Å². The van der Waals surface area contributed by atoms with Gasteiger partial charge in [0.05, 0.1) is 23.7 Å². The van der Waals surface area contributed by atoms with Gasteiger partial charge in [0.2, 0.25) is 0 Å². The molecule has 0 saturated carbocycles. The van der Waals surface area contributed by atoms with E-state index in [-0.39, 0.29) is 11.4 Å². The lowest BCUT2D eigenvalue weighted by Crippen LogP contribution is -2.44. The van der Waals surface area contributed by atoms with Crippen LogP contribution in [0.1, 0.15) is 10.4 Å². The van der Waals surface area contributed by atoms with Gasteiger partial charge in [-0.25, -0.2) is 14.6 Å². The molecule has 1 amide bonds. The Bertz CT molecular complexity index is 1010. The maximum Gasteiger partial charge on any atom is 0.251 e. The Morgan fingerprint density at radius 3 is 2.64 bits per heavy atom. The molecule has 0 bridgehead atoms. The van der Waals surface area contributed by atoms with Gasteiger partial charge in [-0.15, -0.1) is 0 Å². The van der Waals surface area contributed by atoms with Crippen LogP contribution in [0.15, 0.2) is 42.9 Å². The van der Waals surface area contributed by atoms with Gasteiger partial charge in [0.15, 0.2) is 11.6 Å². The number of carbonyl (C=O) groups excluding carboxylic acids is 1. The molecule has 3 aromatic rings. The van der Waals surface area contributed by atoms with E-state index in [2.05, 4.69) is 44.0 Å². The third-order valence-corrected chi connectivity index (χ3v) is 4.88. The highest BCUT2D eigenvalue weighted by atomic mass is 16.1. The first kappa shape index (κ1) is 17.9. The van der Waals surface area contributed by atoms with Gasteiger partial charge in [0.1, 0.15) is 0 Å². The number of rotatable bonds is 4. The predicted octanol–water partition coefficient (Wildman–Crippen LogP) is 0.762. The molecule has 144 valence electrons. The summed E-state index contributed by atoms with van der Waals surface area (Å²) in [5.41, 5.74) is 14.3. The lowest BCUT2D eigenvalue weighted by Gasteiger charge is -2.34. The fourth-order valence-corrected chi connectivity index (χ4v) is 3.19. The number of piperazine rings is 1. The lowest BCUT2D eigenvalue weighted by atomic mass is 10.1. The molecule has 4 N–H and O–H groups in total. The fraction of sp³-hybridized carbons (Fsp3) is 0.263. The van der Waals surface area contributed by atoms with Crippen molar-refractivity contribution in [3.63, 3.8) is 0 Å².